The van der Waals surface area contributed by atoms with Crippen molar-refractivity contribution in [3.63, 3.8) is 0 Å². The van der Waals surface area contributed by atoms with Gasteiger partial charge in [0.25, 0.3) is 0 Å². The number of nitrogens with zero attached hydrogens (tertiary/aromatic N) is 6. The van der Waals surface area contributed by atoms with Crippen LogP contribution in [0.1, 0.15) is 50.2 Å². The van der Waals surface area contributed by atoms with E-state index in [0.29, 0.717) is 15.7 Å². The number of esters is 1. The van der Waals surface area contributed by atoms with Gasteiger partial charge < -0.3 is 9.64 Å². The van der Waals surface area contributed by atoms with E-state index in [4.69, 9.17) is 4.74 Å². The molecule has 0 saturated carbocycles. The number of carbonyl (C=O) groups excluding carboxylic acids is 1. The van der Waals surface area contributed by atoms with Gasteiger partial charge in [-0.3, -0.25) is 0 Å². The zero-order valence-corrected chi connectivity index (χ0v) is 23.1. The first-order valence-corrected chi connectivity index (χ1v) is 14.1. The number of thiazole rings is 1. The summed E-state index contributed by atoms with van der Waals surface area (Å²) in [5.41, 5.74) is 3.40. The van der Waals surface area contributed by atoms with E-state index in [-0.39, 0.29) is 12.1 Å². The highest BCUT2D eigenvalue weighted by Gasteiger charge is 2.18. The Hall–Kier alpha value is -3.50. The average molecular weight is 535 g/mol. The molecule has 10 heteroatoms. The third-order valence-corrected chi connectivity index (χ3v) is 7.85. The molecule has 2 aromatic heterocycles. The number of rotatable bonds is 11. The second-order valence-electron chi connectivity index (χ2n) is 8.23. The van der Waals surface area contributed by atoms with Gasteiger partial charge in [0.2, 0.25) is 5.13 Å². The second kappa shape index (κ2) is 12.6. The van der Waals surface area contributed by atoms with Crippen molar-refractivity contribution in [3.05, 3.63) is 59.5 Å². The fraction of sp³-hybridized carbons (Fsp3) is 0.333. The number of anilines is 1. The zero-order valence-electron chi connectivity index (χ0n) is 21.4. The van der Waals surface area contributed by atoms with Gasteiger partial charge in [-0.25, -0.2) is 9.78 Å². The van der Waals surface area contributed by atoms with Crippen LogP contribution in [-0.2, 0) is 4.74 Å². The number of carbonyl (C=O) groups is 1. The summed E-state index contributed by atoms with van der Waals surface area (Å²) in [6.07, 6.45) is 1.56. The first kappa shape index (κ1) is 26.6. The third kappa shape index (κ3) is 6.84. The number of ether oxygens (including phenoxy) is 1. The van der Waals surface area contributed by atoms with Crippen LogP contribution in [0.5, 0.6) is 0 Å². The van der Waals surface area contributed by atoms with Crippen LogP contribution in [0.15, 0.2) is 75.1 Å². The molecule has 0 radical (unpaired) electrons. The van der Waals surface area contributed by atoms with Crippen molar-refractivity contribution in [2.24, 2.45) is 20.5 Å². The highest BCUT2D eigenvalue weighted by Crippen LogP contribution is 2.35. The number of azo groups is 2. The van der Waals surface area contributed by atoms with E-state index in [1.165, 1.54) is 28.4 Å². The normalized spacial score (nSPS) is 11.8. The molecule has 0 spiro atoms. The second-order valence-corrected chi connectivity index (χ2v) is 10.3. The van der Waals surface area contributed by atoms with Crippen molar-refractivity contribution >= 4 is 66.1 Å². The summed E-state index contributed by atoms with van der Waals surface area (Å²) in [6, 6.07) is 17.3. The number of benzene rings is 2. The van der Waals surface area contributed by atoms with E-state index in [9.17, 15) is 4.79 Å². The average Bonchev–Trinajstić information content (AvgIpc) is 3.50. The van der Waals surface area contributed by atoms with Crippen LogP contribution in [-0.4, -0.2) is 30.1 Å². The quantitative estimate of drug-likeness (QED) is 0.141. The fourth-order valence-corrected chi connectivity index (χ4v) is 5.57. The summed E-state index contributed by atoms with van der Waals surface area (Å²) in [6.45, 7) is 10.3. The van der Waals surface area contributed by atoms with Crippen LogP contribution in [0.2, 0.25) is 0 Å². The van der Waals surface area contributed by atoms with E-state index in [2.05, 4.69) is 56.3 Å². The lowest BCUT2D eigenvalue weighted by Crippen LogP contribution is -2.21. The molecule has 0 bridgehead atoms. The SMILES string of the molecule is CCC(CC)OC(=O)c1cc2sc(N=Nc3ccc(N=Nc4ccc(N(CC)CC)cc4)cc3)nc2s1. The van der Waals surface area contributed by atoms with Gasteiger partial charge in [-0.05, 0) is 81.3 Å². The maximum absolute atomic E-state index is 12.4. The van der Waals surface area contributed by atoms with Gasteiger partial charge in [0, 0.05) is 18.8 Å². The lowest BCUT2D eigenvalue weighted by atomic mass is 10.2. The fourth-order valence-electron chi connectivity index (χ4n) is 3.65. The van der Waals surface area contributed by atoms with Crippen molar-refractivity contribution in [1.29, 1.82) is 0 Å². The maximum Gasteiger partial charge on any atom is 0.348 e. The Bertz CT molecular complexity index is 1340. The lowest BCUT2D eigenvalue weighted by molar-refractivity contribution is 0.0290. The first-order valence-electron chi connectivity index (χ1n) is 12.4. The van der Waals surface area contributed by atoms with E-state index >= 15 is 0 Å². The van der Waals surface area contributed by atoms with Crippen molar-refractivity contribution < 1.29 is 9.53 Å². The molecule has 0 amide bonds. The molecule has 0 aliphatic carbocycles. The van der Waals surface area contributed by atoms with Gasteiger partial charge in [0.05, 0.1) is 21.8 Å². The number of hydrogen-bond acceptors (Lipinski definition) is 10. The number of aromatic nitrogens is 1. The molecule has 0 aliphatic rings. The Kier molecular flexibility index (Phi) is 9.08. The van der Waals surface area contributed by atoms with Crippen LogP contribution >= 0.6 is 22.7 Å². The minimum atomic E-state index is -0.291. The van der Waals surface area contributed by atoms with E-state index in [0.717, 1.165) is 46.8 Å². The summed E-state index contributed by atoms with van der Waals surface area (Å²) in [5, 5.41) is 17.7. The highest BCUT2D eigenvalue weighted by molar-refractivity contribution is 7.29. The molecule has 4 rings (SSSR count). The van der Waals surface area contributed by atoms with Crippen molar-refractivity contribution in [3.8, 4) is 0 Å². The molecular formula is C27H30N6O2S2. The zero-order chi connectivity index (χ0) is 26.2. The molecule has 0 unspecified atom stereocenters. The molecule has 4 aromatic rings. The van der Waals surface area contributed by atoms with Crippen LogP contribution in [0.4, 0.5) is 27.9 Å². The van der Waals surface area contributed by atoms with E-state index < -0.39 is 0 Å². The van der Waals surface area contributed by atoms with Gasteiger partial charge >= 0.3 is 5.97 Å². The molecule has 192 valence electrons. The summed E-state index contributed by atoms with van der Waals surface area (Å²) >= 11 is 2.71. The molecule has 8 nitrogen and oxygen atoms in total. The Morgan fingerprint density at radius 3 is 1.89 bits per heavy atom. The molecule has 0 atom stereocenters. The van der Waals surface area contributed by atoms with Crippen LogP contribution in [0.25, 0.3) is 9.53 Å². The van der Waals surface area contributed by atoms with Gasteiger partial charge in [-0.1, -0.05) is 25.2 Å². The van der Waals surface area contributed by atoms with Gasteiger partial charge in [-0.2, -0.15) is 10.2 Å². The number of fused-ring (bicyclic) bond motifs is 1. The Morgan fingerprint density at radius 1 is 0.838 bits per heavy atom. The topological polar surface area (TPSA) is 91.9 Å². The predicted octanol–water partition coefficient (Wildman–Crippen LogP) is 9.38. The predicted molar refractivity (Wildman–Crippen MR) is 152 cm³/mol. The third-order valence-electron chi connectivity index (χ3n) is 5.82. The largest absolute Gasteiger partial charge is 0.458 e. The molecule has 37 heavy (non-hydrogen) atoms. The molecule has 2 aromatic carbocycles. The molecule has 0 fully saturated rings. The Morgan fingerprint density at radius 2 is 1.38 bits per heavy atom. The summed E-state index contributed by atoms with van der Waals surface area (Å²) in [4.78, 5) is 20.5. The van der Waals surface area contributed by atoms with Crippen molar-refractivity contribution in [2.75, 3.05) is 18.0 Å². The highest BCUT2D eigenvalue weighted by atomic mass is 32.1. The molecule has 0 saturated heterocycles. The lowest BCUT2D eigenvalue weighted by Gasteiger charge is -2.20. The first-order chi connectivity index (χ1) is 18.0. The summed E-state index contributed by atoms with van der Waals surface area (Å²) in [7, 11) is 0. The smallest absolute Gasteiger partial charge is 0.348 e. The number of hydrogen-bond donors (Lipinski definition) is 0. The standard InChI is InChI=1S/C27H30N6O2S2/c1-5-22(6-2)35-26(34)24-17-23-25(36-24)28-27(37-23)32-31-19-11-9-18(10-12-19)29-30-20-13-15-21(16-14-20)33(7-3)8-4/h9-17,22H,5-8H2,1-4H3. The van der Waals surface area contributed by atoms with Crippen LogP contribution in [0.3, 0.4) is 0 Å². The molecule has 0 N–H and O–H groups in total. The number of thiophene rings is 1. The Labute approximate surface area is 224 Å². The van der Waals surface area contributed by atoms with E-state index in [1.807, 2.05) is 56.3 Å². The minimum absolute atomic E-state index is 0.0537. The minimum Gasteiger partial charge on any atom is -0.458 e. The van der Waals surface area contributed by atoms with E-state index in [1.54, 1.807) is 0 Å². The van der Waals surface area contributed by atoms with Crippen LogP contribution < -0.4 is 4.90 Å². The van der Waals surface area contributed by atoms with Gasteiger partial charge in [-0.15, -0.1) is 21.6 Å². The Balaban J connectivity index is 1.36. The summed E-state index contributed by atoms with van der Waals surface area (Å²) in [5.74, 6) is -0.291. The monoisotopic (exact) mass is 534 g/mol. The molecule has 0 aliphatic heterocycles. The molecule has 2 heterocycles. The van der Waals surface area contributed by atoms with Crippen molar-refractivity contribution in [2.45, 2.75) is 46.6 Å². The maximum atomic E-state index is 12.4. The van der Waals surface area contributed by atoms with Crippen molar-refractivity contribution in [1.82, 2.24) is 4.98 Å². The molecular weight excluding hydrogens is 504 g/mol. The summed E-state index contributed by atoms with van der Waals surface area (Å²) < 4.78 is 6.43. The van der Waals surface area contributed by atoms with Gasteiger partial charge in [0.15, 0.2) is 0 Å². The van der Waals surface area contributed by atoms with Crippen LogP contribution in [0, 0.1) is 0 Å². The van der Waals surface area contributed by atoms with Gasteiger partial charge in [0.1, 0.15) is 15.8 Å².